The Morgan fingerprint density at radius 1 is 1.20 bits per heavy atom. The van der Waals surface area contributed by atoms with Gasteiger partial charge in [0.15, 0.2) is 0 Å². The standard InChI is InChI=1S/C10H7N3O2/c11-7-3-1-6(2-4-7)9(14)8-5-12-10(15)13-8/h1-5H,11H2. The summed E-state index contributed by atoms with van der Waals surface area (Å²) >= 11 is 0. The molecule has 2 N–H and O–H groups in total. The van der Waals surface area contributed by atoms with Crippen LogP contribution in [0.1, 0.15) is 10.4 Å². The van der Waals surface area contributed by atoms with Gasteiger partial charge < -0.3 is 5.73 Å². The zero-order chi connectivity index (χ0) is 10.8. The number of nitrogen functional groups attached to an aromatic ring is 1. The molecule has 0 bridgehead atoms. The Morgan fingerprint density at radius 3 is 2.40 bits per heavy atom. The number of nitrogens with two attached hydrogens (primary N) is 1. The van der Waals surface area contributed by atoms with Crippen LogP contribution in [0.15, 0.2) is 34.3 Å². The van der Waals surface area contributed by atoms with Crippen LogP contribution in [0.5, 0.6) is 0 Å². The third-order valence-corrected chi connectivity index (χ3v) is 1.92. The SMILES string of the molecule is Nc1ccc(C(=O)C2=NC(=O)N=C2)cc1. The van der Waals surface area contributed by atoms with Crippen LogP contribution >= 0.6 is 0 Å². The Balaban J connectivity index is 2.29. The Bertz CT molecular complexity index is 486. The smallest absolute Gasteiger partial charge is 0.367 e. The molecule has 0 atom stereocenters. The summed E-state index contributed by atoms with van der Waals surface area (Å²) in [5, 5.41) is 0. The molecule has 0 unspecified atom stereocenters. The third-order valence-electron chi connectivity index (χ3n) is 1.92. The maximum absolute atomic E-state index is 11.7. The molecule has 0 saturated carbocycles. The molecule has 0 saturated heterocycles. The molecule has 2 amide bonds. The highest BCUT2D eigenvalue weighted by Gasteiger charge is 2.17. The summed E-state index contributed by atoms with van der Waals surface area (Å²) in [6, 6.07) is 5.74. The molecule has 1 aromatic rings. The van der Waals surface area contributed by atoms with Crippen LogP contribution < -0.4 is 5.73 Å². The number of benzene rings is 1. The number of ketones is 1. The summed E-state index contributed by atoms with van der Waals surface area (Å²) in [4.78, 5) is 29.2. The molecule has 1 aromatic carbocycles. The molecule has 0 fully saturated rings. The number of carbonyl (C=O) groups is 2. The molecule has 0 spiro atoms. The fraction of sp³-hybridized carbons (Fsp3) is 0. The van der Waals surface area contributed by atoms with Gasteiger partial charge in [0, 0.05) is 11.3 Å². The maximum atomic E-state index is 11.7. The molecule has 74 valence electrons. The fourth-order valence-corrected chi connectivity index (χ4v) is 1.17. The number of hydrogen-bond donors (Lipinski definition) is 1. The van der Waals surface area contributed by atoms with Gasteiger partial charge in [-0.15, -0.1) is 0 Å². The highest BCUT2D eigenvalue weighted by molar-refractivity contribution is 6.67. The maximum Gasteiger partial charge on any atom is 0.367 e. The summed E-state index contributed by atoms with van der Waals surface area (Å²) in [7, 11) is 0. The molecule has 2 rings (SSSR count). The summed E-state index contributed by atoms with van der Waals surface area (Å²) in [6.45, 7) is 0. The van der Waals surface area contributed by atoms with Crippen molar-refractivity contribution in [2.45, 2.75) is 0 Å². The Kier molecular flexibility index (Phi) is 2.13. The molecule has 5 heteroatoms. The first kappa shape index (κ1) is 9.26. The minimum Gasteiger partial charge on any atom is -0.399 e. The van der Waals surface area contributed by atoms with E-state index in [1.54, 1.807) is 24.3 Å². The van der Waals surface area contributed by atoms with E-state index in [0.29, 0.717) is 11.3 Å². The normalized spacial score (nSPS) is 14.1. The highest BCUT2D eigenvalue weighted by Crippen LogP contribution is 2.08. The second-order valence-corrected chi connectivity index (χ2v) is 2.99. The zero-order valence-corrected chi connectivity index (χ0v) is 7.68. The number of nitrogens with zero attached hydrogens (tertiary/aromatic N) is 2. The van der Waals surface area contributed by atoms with E-state index >= 15 is 0 Å². The number of rotatable bonds is 2. The molecule has 5 nitrogen and oxygen atoms in total. The van der Waals surface area contributed by atoms with Crippen LogP contribution in [-0.2, 0) is 0 Å². The quantitative estimate of drug-likeness (QED) is 0.574. The zero-order valence-electron chi connectivity index (χ0n) is 7.68. The number of hydrogen-bond acceptors (Lipinski definition) is 3. The van der Waals surface area contributed by atoms with E-state index in [-0.39, 0.29) is 11.5 Å². The van der Waals surface area contributed by atoms with Gasteiger partial charge in [0.2, 0.25) is 5.78 Å². The van der Waals surface area contributed by atoms with Crippen LogP contribution in [0.4, 0.5) is 10.5 Å². The van der Waals surface area contributed by atoms with Gasteiger partial charge in [0.05, 0.1) is 6.21 Å². The lowest BCUT2D eigenvalue weighted by Gasteiger charge is -1.98. The molecule has 1 aliphatic heterocycles. The van der Waals surface area contributed by atoms with Gasteiger partial charge in [0.1, 0.15) is 5.71 Å². The minimum atomic E-state index is -0.645. The number of aliphatic imine (C=N–C) groups is 2. The summed E-state index contributed by atoms with van der Waals surface area (Å²) in [5.74, 6) is -0.329. The first-order valence-electron chi connectivity index (χ1n) is 4.24. The molecule has 0 aromatic heterocycles. The molecule has 0 aliphatic carbocycles. The summed E-state index contributed by atoms with van der Waals surface area (Å²) in [5.41, 5.74) is 6.55. The fourth-order valence-electron chi connectivity index (χ4n) is 1.17. The molecule has 0 radical (unpaired) electrons. The highest BCUT2D eigenvalue weighted by atomic mass is 16.2. The van der Waals surface area contributed by atoms with Crippen LogP contribution in [0.2, 0.25) is 0 Å². The van der Waals surface area contributed by atoms with Crippen molar-refractivity contribution in [1.82, 2.24) is 0 Å². The number of Topliss-reactive ketones (excluding diaryl/α,β-unsaturated/α-hetero) is 1. The number of anilines is 1. The van der Waals surface area contributed by atoms with Crippen LogP contribution in [0.25, 0.3) is 0 Å². The average Bonchev–Trinajstić information content (AvgIpc) is 2.65. The lowest BCUT2D eigenvalue weighted by atomic mass is 10.1. The second kappa shape index (κ2) is 3.45. The average molecular weight is 201 g/mol. The van der Waals surface area contributed by atoms with E-state index in [4.69, 9.17) is 5.73 Å². The third kappa shape index (κ3) is 1.80. The van der Waals surface area contributed by atoms with Crippen molar-refractivity contribution in [3.05, 3.63) is 29.8 Å². The van der Waals surface area contributed by atoms with Crippen molar-refractivity contribution >= 4 is 29.4 Å². The number of urea groups is 1. The van der Waals surface area contributed by atoms with Crippen molar-refractivity contribution in [2.24, 2.45) is 9.98 Å². The van der Waals surface area contributed by atoms with Crippen molar-refractivity contribution in [3.8, 4) is 0 Å². The van der Waals surface area contributed by atoms with E-state index in [0.717, 1.165) is 0 Å². The Morgan fingerprint density at radius 2 is 1.87 bits per heavy atom. The summed E-state index contributed by atoms with van der Waals surface area (Å²) < 4.78 is 0. The first-order chi connectivity index (χ1) is 7.16. The van der Waals surface area contributed by atoms with E-state index < -0.39 is 6.03 Å². The molecular weight excluding hydrogens is 194 g/mol. The van der Waals surface area contributed by atoms with Gasteiger partial charge in [-0.2, -0.15) is 9.98 Å². The molecule has 1 aliphatic rings. The van der Waals surface area contributed by atoms with Crippen molar-refractivity contribution < 1.29 is 9.59 Å². The van der Waals surface area contributed by atoms with E-state index in [9.17, 15) is 9.59 Å². The van der Waals surface area contributed by atoms with Gasteiger partial charge in [-0.3, -0.25) is 4.79 Å². The van der Waals surface area contributed by atoms with Crippen LogP contribution in [0.3, 0.4) is 0 Å². The summed E-state index contributed by atoms with van der Waals surface area (Å²) in [6.07, 6.45) is 1.17. The topological polar surface area (TPSA) is 84.9 Å². The first-order valence-corrected chi connectivity index (χ1v) is 4.24. The van der Waals surface area contributed by atoms with E-state index in [1.165, 1.54) is 6.21 Å². The second-order valence-electron chi connectivity index (χ2n) is 2.99. The number of amides is 2. The van der Waals surface area contributed by atoms with Gasteiger partial charge >= 0.3 is 6.03 Å². The predicted octanol–water partition coefficient (Wildman–Crippen LogP) is 1.10. The monoisotopic (exact) mass is 201 g/mol. The van der Waals surface area contributed by atoms with Crippen molar-refractivity contribution in [1.29, 1.82) is 0 Å². The van der Waals surface area contributed by atoms with Crippen molar-refractivity contribution in [2.75, 3.05) is 5.73 Å². The molecule has 1 heterocycles. The van der Waals surface area contributed by atoms with E-state index in [2.05, 4.69) is 9.98 Å². The number of carbonyl (C=O) groups excluding carboxylic acids is 2. The van der Waals surface area contributed by atoms with Gasteiger partial charge in [0.25, 0.3) is 0 Å². The van der Waals surface area contributed by atoms with Crippen molar-refractivity contribution in [3.63, 3.8) is 0 Å². The van der Waals surface area contributed by atoms with Crippen LogP contribution in [-0.4, -0.2) is 23.7 Å². The molecule has 15 heavy (non-hydrogen) atoms. The Hall–Kier alpha value is -2.30. The lowest BCUT2D eigenvalue weighted by Crippen LogP contribution is -2.13. The predicted molar refractivity (Wildman–Crippen MR) is 56.5 cm³/mol. The van der Waals surface area contributed by atoms with Gasteiger partial charge in [-0.1, -0.05) is 0 Å². The minimum absolute atomic E-state index is 0.0600. The van der Waals surface area contributed by atoms with E-state index in [1.807, 2.05) is 0 Å². The van der Waals surface area contributed by atoms with Gasteiger partial charge in [-0.05, 0) is 24.3 Å². The van der Waals surface area contributed by atoms with Gasteiger partial charge in [-0.25, -0.2) is 4.79 Å². The lowest BCUT2D eigenvalue weighted by molar-refractivity contribution is 0.106. The largest absolute Gasteiger partial charge is 0.399 e. The molecular formula is C10H7N3O2. The Labute approximate surface area is 85.3 Å². The van der Waals surface area contributed by atoms with Crippen LogP contribution in [0, 0.1) is 0 Å².